The molecule has 1 saturated heterocycles. The summed E-state index contributed by atoms with van der Waals surface area (Å²) >= 11 is 0. The van der Waals surface area contributed by atoms with Gasteiger partial charge in [0.05, 0.1) is 19.3 Å². The third kappa shape index (κ3) is 4.13. The molecule has 0 amide bonds. The summed E-state index contributed by atoms with van der Waals surface area (Å²) in [6.07, 6.45) is -7.88. The maximum Gasteiger partial charge on any atom is 0.229 e. The average molecular weight is 506 g/mol. The smallest absolute Gasteiger partial charge is 0.229 e. The van der Waals surface area contributed by atoms with Gasteiger partial charge in [0.1, 0.15) is 59.3 Å². The zero-order chi connectivity index (χ0) is 26.3. The number of hydrogen-bond donors (Lipinski definition) is 7. The number of aliphatic hydroxyl groups excluding tert-OH is 5. The first kappa shape index (κ1) is 25.7. The fourth-order valence-corrected chi connectivity index (χ4v) is 4.16. The molecule has 12 nitrogen and oxygen atoms in total. The summed E-state index contributed by atoms with van der Waals surface area (Å²) < 4.78 is 21.7. The third-order valence-electron chi connectivity index (χ3n) is 6.16. The van der Waals surface area contributed by atoms with E-state index >= 15 is 0 Å². The first-order valence-electron chi connectivity index (χ1n) is 10.9. The van der Waals surface area contributed by atoms with Crippen molar-refractivity contribution in [3.63, 3.8) is 0 Å². The first-order chi connectivity index (χ1) is 17.1. The number of aliphatic hydroxyl groups is 5. The van der Waals surface area contributed by atoms with Gasteiger partial charge >= 0.3 is 0 Å². The minimum Gasteiger partial charge on any atom is -0.507 e. The van der Waals surface area contributed by atoms with Crippen LogP contribution in [0.4, 0.5) is 0 Å². The van der Waals surface area contributed by atoms with Crippen molar-refractivity contribution in [1.82, 2.24) is 0 Å². The predicted molar refractivity (Wildman–Crippen MR) is 123 cm³/mol. The predicted octanol–water partition coefficient (Wildman–Crippen LogP) is -0.141. The van der Waals surface area contributed by atoms with E-state index in [9.17, 15) is 40.5 Å². The first-order valence-corrected chi connectivity index (χ1v) is 10.9. The van der Waals surface area contributed by atoms with Crippen molar-refractivity contribution in [3.8, 4) is 34.1 Å². The van der Waals surface area contributed by atoms with Crippen molar-refractivity contribution >= 4 is 11.0 Å². The second-order valence-corrected chi connectivity index (χ2v) is 8.28. The summed E-state index contributed by atoms with van der Waals surface area (Å²) in [5.41, 5.74) is -0.875. The van der Waals surface area contributed by atoms with Gasteiger partial charge in [0, 0.05) is 17.2 Å². The Morgan fingerprint density at radius 1 is 1.00 bits per heavy atom. The quantitative estimate of drug-likeness (QED) is 0.234. The highest BCUT2D eigenvalue weighted by molar-refractivity contribution is 5.91. The topological polar surface area (TPSA) is 200 Å². The molecule has 1 aliphatic heterocycles. The summed E-state index contributed by atoms with van der Waals surface area (Å²) in [6.45, 7) is 0.135. The Kier molecular flexibility index (Phi) is 7.09. The number of rotatable bonds is 6. The minimum absolute atomic E-state index is 0.0408. The summed E-state index contributed by atoms with van der Waals surface area (Å²) in [5, 5.41) is 70.9. The van der Waals surface area contributed by atoms with Crippen molar-refractivity contribution in [1.29, 1.82) is 0 Å². The maximum atomic E-state index is 13.5. The standard InChI is InChI=1S/C24H26O12/c1-9-12(33-2)6-13-17(18(9)27)21(30)16(14(7-25)34-13)10-4-3-5-11(19(10)28)35-24-23(32)22(31)20(29)15(8-26)36-24/h3-6,15,20,22-29,31-32H,7-8H2,1-2H3/t15-,20-,22+,23-,24-/m1/s1. The van der Waals surface area contributed by atoms with Crippen LogP contribution >= 0.6 is 0 Å². The van der Waals surface area contributed by atoms with Crippen molar-refractivity contribution in [2.75, 3.05) is 13.7 Å². The van der Waals surface area contributed by atoms with Gasteiger partial charge < -0.3 is 54.4 Å². The van der Waals surface area contributed by atoms with Crippen molar-refractivity contribution in [2.45, 2.75) is 44.2 Å². The van der Waals surface area contributed by atoms with Crippen LogP contribution in [0.1, 0.15) is 11.3 Å². The zero-order valence-corrected chi connectivity index (χ0v) is 19.3. The molecular formula is C24H26O12. The molecule has 0 unspecified atom stereocenters. The highest BCUT2D eigenvalue weighted by Crippen LogP contribution is 2.41. The number of hydrogen-bond acceptors (Lipinski definition) is 12. The van der Waals surface area contributed by atoms with Crippen molar-refractivity contribution < 1.29 is 54.4 Å². The highest BCUT2D eigenvalue weighted by Gasteiger charge is 2.45. The molecule has 0 spiro atoms. The molecule has 194 valence electrons. The Labute approximate surface area is 203 Å². The summed E-state index contributed by atoms with van der Waals surface area (Å²) in [5.74, 6) is -1.22. The van der Waals surface area contributed by atoms with E-state index < -0.39 is 60.8 Å². The number of aromatic hydroxyl groups is 2. The van der Waals surface area contributed by atoms with Gasteiger partial charge in [0.25, 0.3) is 0 Å². The molecule has 1 fully saturated rings. The molecule has 0 aliphatic carbocycles. The van der Waals surface area contributed by atoms with Crippen LogP contribution < -0.4 is 14.9 Å². The Balaban J connectivity index is 1.83. The monoisotopic (exact) mass is 506 g/mol. The van der Waals surface area contributed by atoms with E-state index in [0.29, 0.717) is 0 Å². The second kappa shape index (κ2) is 9.93. The molecule has 7 N–H and O–H groups in total. The van der Waals surface area contributed by atoms with Crippen molar-refractivity contribution in [3.05, 3.63) is 45.8 Å². The number of para-hydroxylation sites is 1. The number of phenols is 2. The molecule has 12 heteroatoms. The van der Waals surface area contributed by atoms with E-state index in [2.05, 4.69) is 0 Å². The SMILES string of the molecule is COc1cc2oc(CO)c(-c3cccc(O[C@@H]4O[C@H](CO)[C@@H](O)[C@H](O)[C@H]4O)c3O)c(=O)c2c(O)c1C. The van der Waals surface area contributed by atoms with Gasteiger partial charge in [-0.3, -0.25) is 4.79 Å². The van der Waals surface area contributed by atoms with Crippen LogP contribution in [-0.2, 0) is 11.3 Å². The highest BCUT2D eigenvalue weighted by atomic mass is 16.7. The van der Waals surface area contributed by atoms with E-state index in [0.717, 1.165) is 0 Å². The van der Waals surface area contributed by atoms with Gasteiger partial charge in [-0.25, -0.2) is 0 Å². The number of benzene rings is 2. The Morgan fingerprint density at radius 2 is 1.72 bits per heavy atom. The van der Waals surface area contributed by atoms with Crippen LogP contribution in [0.15, 0.2) is 33.5 Å². The van der Waals surface area contributed by atoms with E-state index in [-0.39, 0.29) is 44.9 Å². The van der Waals surface area contributed by atoms with Crippen LogP contribution in [-0.4, -0.2) is 80.2 Å². The molecule has 1 aromatic heterocycles. The third-order valence-corrected chi connectivity index (χ3v) is 6.16. The summed E-state index contributed by atoms with van der Waals surface area (Å²) in [7, 11) is 1.38. The normalized spacial score (nSPS) is 24.1. The van der Waals surface area contributed by atoms with Gasteiger partial charge in [0.15, 0.2) is 11.5 Å². The molecular weight excluding hydrogens is 480 g/mol. The van der Waals surface area contributed by atoms with Crippen LogP contribution in [0.3, 0.4) is 0 Å². The van der Waals surface area contributed by atoms with Gasteiger partial charge in [-0.15, -0.1) is 0 Å². The Morgan fingerprint density at radius 3 is 2.36 bits per heavy atom. The maximum absolute atomic E-state index is 13.5. The lowest BCUT2D eigenvalue weighted by Crippen LogP contribution is -2.60. The van der Waals surface area contributed by atoms with Gasteiger partial charge in [-0.1, -0.05) is 12.1 Å². The Hall–Kier alpha value is -3.39. The van der Waals surface area contributed by atoms with Gasteiger partial charge in [-0.05, 0) is 13.0 Å². The zero-order valence-electron chi connectivity index (χ0n) is 19.3. The van der Waals surface area contributed by atoms with Crippen LogP contribution in [0.5, 0.6) is 23.0 Å². The number of phenolic OH excluding ortho intramolecular Hbond substituents is 2. The van der Waals surface area contributed by atoms with Crippen LogP contribution in [0.2, 0.25) is 0 Å². The van der Waals surface area contributed by atoms with Gasteiger partial charge in [-0.2, -0.15) is 0 Å². The Bertz CT molecular complexity index is 1330. The lowest BCUT2D eigenvalue weighted by atomic mass is 9.98. The molecule has 0 saturated carbocycles. The molecule has 4 rings (SSSR count). The fraction of sp³-hybridized carbons (Fsp3) is 0.375. The second-order valence-electron chi connectivity index (χ2n) is 8.28. The summed E-state index contributed by atoms with van der Waals surface area (Å²) in [4.78, 5) is 13.5. The largest absolute Gasteiger partial charge is 0.507 e. The molecule has 1 aliphatic rings. The summed E-state index contributed by atoms with van der Waals surface area (Å²) in [6, 6.07) is 5.43. The van der Waals surface area contributed by atoms with E-state index in [4.69, 9.17) is 18.6 Å². The number of ether oxygens (including phenoxy) is 3. The molecule has 2 heterocycles. The minimum atomic E-state index is -1.74. The average Bonchev–Trinajstić information content (AvgIpc) is 2.87. The lowest BCUT2D eigenvalue weighted by molar-refractivity contribution is -0.277. The van der Waals surface area contributed by atoms with E-state index in [1.807, 2.05) is 0 Å². The fourth-order valence-electron chi connectivity index (χ4n) is 4.16. The molecule has 5 atom stereocenters. The molecule has 0 bridgehead atoms. The number of fused-ring (bicyclic) bond motifs is 1. The van der Waals surface area contributed by atoms with E-state index in [1.54, 1.807) is 6.92 Å². The molecule has 3 aromatic rings. The van der Waals surface area contributed by atoms with Gasteiger partial charge in [0.2, 0.25) is 11.7 Å². The number of methoxy groups -OCH3 is 1. The van der Waals surface area contributed by atoms with Crippen LogP contribution in [0.25, 0.3) is 22.1 Å². The lowest BCUT2D eigenvalue weighted by Gasteiger charge is -2.39. The van der Waals surface area contributed by atoms with E-state index in [1.165, 1.54) is 31.4 Å². The van der Waals surface area contributed by atoms with Crippen molar-refractivity contribution in [2.24, 2.45) is 0 Å². The molecule has 2 aromatic carbocycles. The van der Waals surface area contributed by atoms with Crippen LogP contribution in [0, 0.1) is 6.92 Å². The molecule has 0 radical (unpaired) electrons. The molecule has 36 heavy (non-hydrogen) atoms.